The standard InChI is InChI=1S/C25H27N3O3/c1-17-13-19(14-18-7-9-20(10-8-18)28-12-4-11-26-28)15-21-24(17)31-16-27(25(21)30)22-5-2-3-6-23(22)29/h4,7-13,15,22-23,29H,2-3,5-6,14,16H2,1H3/t22-,23-/m1/s1. The number of aryl methyl sites for hydroxylation is 1. The molecule has 1 aromatic heterocycles. The number of ether oxygens (including phenoxy) is 1. The van der Waals surface area contributed by atoms with Crippen LogP contribution in [0, 0.1) is 6.92 Å². The van der Waals surface area contributed by atoms with E-state index in [4.69, 9.17) is 4.74 Å². The van der Waals surface area contributed by atoms with Gasteiger partial charge in [0, 0.05) is 12.4 Å². The Morgan fingerprint density at radius 2 is 1.94 bits per heavy atom. The number of fused-ring (bicyclic) bond motifs is 1. The Kier molecular flexibility index (Phi) is 5.24. The molecule has 1 fully saturated rings. The van der Waals surface area contributed by atoms with Gasteiger partial charge < -0.3 is 9.84 Å². The van der Waals surface area contributed by atoms with E-state index in [1.807, 2.05) is 42.1 Å². The van der Waals surface area contributed by atoms with Crippen LogP contribution in [0.5, 0.6) is 5.75 Å². The number of carbonyl (C=O) groups excluding carboxylic acids is 1. The molecule has 6 nitrogen and oxygen atoms in total. The fourth-order valence-electron chi connectivity index (χ4n) is 4.77. The van der Waals surface area contributed by atoms with Crippen molar-refractivity contribution in [3.63, 3.8) is 0 Å². The topological polar surface area (TPSA) is 67.6 Å². The van der Waals surface area contributed by atoms with E-state index in [9.17, 15) is 9.90 Å². The van der Waals surface area contributed by atoms with Gasteiger partial charge in [0.2, 0.25) is 0 Å². The number of amides is 1. The highest BCUT2D eigenvalue weighted by Crippen LogP contribution is 2.34. The Bertz CT molecular complexity index is 1080. The number of benzene rings is 2. The van der Waals surface area contributed by atoms with Crippen molar-refractivity contribution in [1.82, 2.24) is 14.7 Å². The normalized spacial score (nSPS) is 21.0. The Morgan fingerprint density at radius 1 is 1.13 bits per heavy atom. The van der Waals surface area contributed by atoms with Crippen molar-refractivity contribution in [2.24, 2.45) is 0 Å². The van der Waals surface area contributed by atoms with Gasteiger partial charge >= 0.3 is 0 Å². The summed E-state index contributed by atoms with van der Waals surface area (Å²) >= 11 is 0. The Labute approximate surface area is 182 Å². The number of hydrogen-bond donors (Lipinski definition) is 1. The number of carbonyl (C=O) groups is 1. The fraction of sp³-hybridized carbons (Fsp3) is 0.360. The molecule has 6 heteroatoms. The van der Waals surface area contributed by atoms with E-state index in [1.54, 1.807) is 11.1 Å². The number of hydrogen-bond acceptors (Lipinski definition) is 4. The summed E-state index contributed by atoms with van der Waals surface area (Å²) in [4.78, 5) is 15.0. The maximum atomic E-state index is 13.3. The molecule has 1 amide bonds. The molecule has 2 aromatic carbocycles. The van der Waals surface area contributed by atoms with E-state index in [0.29, 0.717) is 11.3 Å². The zero-order valence-corrected chi connectivity index (χ0v) is 17.7. The summed E-state index contributed by atoms with van der Waals surface area (Å²) < 4.78 is 7.82. The highest BCUT2D eigenvalue weighted by Gasteiger charge is 2.36. The maximum Gasteiger partial charge on any atom is 0.260 e. The first-order chi connectivity index (χ1) is 15.1. The van der Waals surface area contributed by atoms with Gasteiger partial charge in [-0.05, 0) is 67.1 Å². The van der Waals surface area contributed by atoms with Gasteiger partial charge in [-0.25, -0.2) is 4.68 Å². The van der Waals surface area contributed by atoms with Crippen LogP contribution in [-0.4, -0.2) is 44.6 Å². The molecule has 5 rings (SSSR count). The second-order valence-corrected chi connectivity index (χ2v) is 8.55. The first-order valence-corrected chi connectivity index (χ1v) is 10.9. The molecule has 2 aliphatic rings. The van der Waals surface area contributed by atoms with Crippen LogP contribution in [0.25, 0.3) is 5.69 Å². The lowest BCUT2D eigenvalue weighted by Crippen LogP contribution is -2.51. The molecule has 0 bridgehead atoms. The molecule has 1 N–H and O–H groups in total. The van der Waals surface area contributed by atoms with Crippen LogP contribution < -0.4 is 4.74 Å². The second-order valence-electron chi connectivity index (χ2n) is 8.55. The smallest absolute Gasteiger partial charge is 0.260 e. The SMILES string of the molecule is Cc1cc(Cc2ccc(-n3cccn3)cc2)cc2c1OCN([C@@H]1CCCC[C@H]1O)C2=O. The fourth-order valence-corrected chi connectivity index (χ4v) is 4.77. The zero-order valence-electron chi connectivity index (χ0n) is 17.7. The third-order valence-electron chi connectivity index (χ3n) is 6.38. The van der Waals surface area contributed by atoms with Gasteiger partial charge in [0.05, 0.1) is 23.4 Å². The predicted molar refractivity (Wildman–Crippen MR) is 117 cm³/mol. The van der Waals surface area contributed by atoms with Gasteiger partial charge in [-0.3, -0.25) is 9.69 Å². The minimum atomic E-state index is -0.472. The second kappa shape index (κ2) is 8.19. The number of rotatable bonds is 4. The number of aliphatic hydroxyl groups excluding tert-OH is 1. The summed E-state index contributed by atoms with van der Waals surface area (Å²) in [6.07, 6.45) is 7.56. The molecular formula is C25H27N3O3. The van der Waals surface area contributed by atoms with Gasteiger partial charge in [-0.15, -0.1) is 0 Å². The number of aromatic nitrogens is 2. The predicted octanol–water partition coefficient (Wildman–Crippen LogP) is 3.87. The Hall–Kier alpha value is -3.12. The van der Waals surface area contributed by atoms with Crippen LogP contribution in [0.4, 0.5) is 0 Å². The molecule has 160 valence electrons. The first-order valence-electron chi connectivity index (χ1n) is 10.9. The highest BCUT2D eigenvalue weighted by molar-refractivity contribution is 5.98. The van der Waals surface area contributed by atoms with E-state index in [-0.39, 0.29) is 18.7 Å². The van der Waals surface area contributed by atoms with E-state index in [1.165, 1.54) is 5.56 Å². The third kappa shape index (κ3) is 3.83. The molecule has 0 unspecified atom stereocenters. The Balaban J connectivity index is 1.38. The van der Waals surface area contributed by atoms with Crippen molar-refractivity contribution in [2.45, 2.75) is 51.2 Å². The molecule has 31 heavy (non-hydrogen) atoms. The summed E-state index contributed by atoms with van der Waals surface area (Å²) in [5.74, 6) is 0.635. The van der Waals surface area contributed by atoms with Crippen molar-refractivity contribution < 1.29 is 14.6 Å². The molecular weight excluding hydrogens is 390 g/mol. The van der Waals surface area contributed by atoms with Gasteiger partial charge in [-0.1, -0.05) is 31.0 Å². The summed E-state index contributed by atoms with van der Waals surface area (Å²) in [6, 6.07) is 14.1. The zero-order chi connectivity index (χ0) is 21.4. The van der Waals surface area contributed by atoms with Crippen LogP contribution in [0.15, 0.2) is 54.9 Å². The molecule has 3 aromatic rings. The van der Waals surface area contributed by atoms with E-state index >= 15 is 0 Å². The quantitative estimate of drug-likeness (QED) is 0.700. The largest absolute Gasteiger partial charge is 0.472 e. The van der Waals surface area contributed by atoms with Crippen molar-refractivity contribution in [3.8, 4) is 11.4 Å². The molecule has 2 heterocycles. The average molecular weight is 418 g/mol. The average Bonchev–Trinajstić information content (AvgIpc) is 3.31. The molecule has 1 aliphatic heterocycles. The minimum absolute atomic E-state index is 0.0359. The third-order valence-corrected chi connectivity index (χ3v) is 6.38. The number of nitrogens with zero attached hydrogens (tertiary/aromatic N) is 3. The van der Waals surface area contributed by atoms with Crippen LogP contribution >= 0.6 is 0 Å². The minimum Gasteiger partial charge on any atom is -0.472 e. The Morgan fingerprint density at radius 3 is 2.68 bits per heavy atom. The van der Waals surface area contributed by atoms with Crippen molar-refractivity contribution in [3.05, 3.63) is 77.1 Å². The first kappa shape index (κ1) is 19.8. The number of aliphatic hydroxyl groups is 1. The van der Waals surface area contributed by atoms with Crippen LogP contribution in [0.2, 0.25) is 0 Å². The molecule has 0 spiro atoms. The van der Waals surface area contributed by atoms with Gasteiger partial charge in [0.25, 0.3) is 5.91 Å². The lowest BCUT2D eigenvalue weighted by atomic mass is 9.90. The van der Waals surface area contributed by atoms with Crippen molar-refractivity contribution in [2.75, 3.05) is 6.73 Å². The molecule has 2 atom stereocenters. The van der Waals surface area contributed by atoms with E-state index in [0.717, 1.165) is 48.9 Å². The molecule has 1 aliphatic carbocycles. The lowest BCUT2D eigenvalue weighted by Gasteiger charge is -2.40. The summed E-state index contributed by atoms with van der Waals surface area (Å²) in [5.41, 5.74) is 4.83. The van der Waals surface area contributed by atoms with Crippen LogP contribution in [-0.2, 0) is 6.42 Å². The van der Waals surface area contributed by atoms with Crippen molar-refractivity contribution in [1.29, 1.82) is 0 Å². The highest BCUT2D eigenvalue weighted by atomic mass is 16.5. The molecule has 0 saturated heterocycles. The van der Waals surface area contributed by atoms with Gasteiger partial charge in [0.1, 0.15) is 5.75 Å². The van der Waals surface area contributed by atoms with E-state index < -0.39 is 6.10 Å². The van der Waals surface area contributed by atoms with Gasteiger partial charge in [0.15, 0.2) is 6.73 Å². The molecule has 0 radical (unpaired) electrons. The lowest BCUT2D eigenvalue weighted by molar-refractivity contribution is -0.0126. The summed E-state index contributed by atoms with van der Waals surface area (Å²) in [6.45, 7) is 2.20. The van der Waals surface area contributed by atoms with Crippen LogP contribution in [0.1, 0.15) is 52.7 Å². The monoisotopic (exact) mass is 417 g/mol. The summed E-state index contributed by atoms with van der Waals surface area (Å²) in [5, 5.41) is 14.7. The maximum absolute atomic E-state index is 13.3. The molecule has 1 saturated carbocycles. The summed E-state index contributed by atoms with van der Waals surface area (Å²) in [7, 11) is 0. The van der Waals surface area contributed by atoms with Crippen LogP contribution in [0.3, 0.4) is 0 Å². The van der Waals surface area contributed by atoms with Gasteiger partial charge in [-0.2, -0.15) is 5.10 Å². The van der Waals surface area contributed by atoms with E-state index in [2.05, 4.69) is 23.3 Å². The van der Waals surface area contributed by atoms with Crippen molar-refractivity contribution >= 4 is 5.91 Å².